The van der Waals surface area contributed by atoms with Crippen LogP contribution in [0, 0.1) is 5.92 Å². The lowest BCUT2D eigenvalue weighted by molar-refractivity contribution is -0.192. The fourth-order valence-corrected chi connectivity index (χ4v) is 8.58. The summed E-state index contributed by atoms with van der Waals surface area (Å²) in [6.45, 7) is 7.88. The van der Waals surface area contributed by atoms with E-state index in [0.29, 0.717) is 0 Å². The molecule has 0 saturated carbocycles. The number of hydrogen-bond acceptors (Lipinski definition) is 12. The molecule has 1 aliphatic heterocycles. The van der Waals surface area contributed by atoms with E-state index in [0.717, 1.165) is 52.0 Å². The number of likely N-dealkylation sites (tertiary alicyclic amines) is 1. The van der Waals surface area contributed by atoms with Crippen LogP contribution in [0.5, 0.6) is 0 Å². The van der Waals surface area contributed by atoms with Crippen molar-refractivity contribution in [3.8, 4) is 0 Å². The number of halogens is 3. The highest BCUT2D eigenvalue weighted by Gasteiger charge is 2.38. The lowest BCUT2D eigenvalue weighted by Crippen LogP contribution is -2.51. The average Bonchev–Trinajstić information content (AvgIpc) is 3.89. The lowest BCUT2D eigenvalue weighted by Gasteiger charge is -2.30. The van der Waals surface area contributed by atoms with Crippen LogP contribution in [0.15, 0.2) is 65.1 Å². The first kappa shape index (κ1) is 41.9. The Balaban J connectivity index is 0.000000815. The number of rotatable bonds is 16. The third-order valence-electron chi connectivity index (χ3n) is 8.00. The van der Waals surface area contributed by atoms with Crippen LogP contribution in [-0.4, -0.2) is 107 Å². The normalized spacial score (nSPS) is 14.9. The maximum atomic E-state index is 14.1. The largest absolute Gasteiger partial charge is 0.490 e. The Kier molecular flexibility index (Phi) is 15.4. The fourth-order valence-electron chi connectivity index (χ4n) is 5.43. The van der Waals surface area contributed by atoms with Crippen LogP contribution in [0.4, 0.5) is 23.1 Å². The standard InChI is InChI=1S/C32H42N6O5S3.C2HF3O2/c1-23(2)19-38(20-29(39)28(16-24-8-4-3-5-9-24)36-32(40)43-21-25-18-33-22-44-25)46(41,42)26-10-11-27-30(17-26)45-31(35-27)34-12-15-37-13-6-7-14-37;3-2(4,5)1(6)7/h3-5,8-11,17-18,22-23,28-29,39H,6-7,12-16,19-21H2,1-2H3,(H,34,35)(H,36,40);(H,6,7). The van der Waals surface area contributed by atoms with Crippen LogP contribution >= 0.6 is 22.7 Å². The van der Waals surface area contributed by atoms with Crippen molar-refractivity contribution < 1.29 is 46.1 Å². The summed E-state index contributed by atoms with van der Waals surface area (Å²) in [7, 11) is -4.00. The smallest absolute Gasteiger partial charge is 0.475 e. The number of aliphatic hydroxyl groups excluding tert-OH is 1. The second kappa shape index (κ2) is 19.4. The first-order chi connectivity index (χ1) is 25.1. The van der Waals surface area contributed by atoms with Gasteiger partial charge in [-0.05, 0) is 62.0 Å². The van der Waals surface area contributed by atoms with Gasteiger partial charge < -0.3 is 30.5 Å². The Bertz CT molecular complexity index is 1860. The highest BCUT2D eigenvalue weighted by molar-refractivity contribution is 7.89. The predicted octanol–water partition coefficient (Wildman–Crippen LogP) is 5.44. The Morgan fingerprint density at radius 1 is 1.09 bits per heavy atom. The molecule has 53 heavy (non-hydrogen) atoms. The number of alkyl carbamates (subject to hydrolysis) is 1. The third-order valence-corrected chi connectivity index (χ3v) is 11.6. The molecule has 2 unspecified atom stereocenters. The second-order valence-corrected chi connectivity index (χ2v) is 16.6. The van der Waals surface area contributed by atoms with Crippen LogP contribution in [-0.2, 0) is 32.6 Å². The van der Waals surface area contributed by atoms with E-state index in [-0.39, 0.29) is 36.9 Å². The number of amides is 1. The third kappa shape index (κ3) is 13.2. The van der Waals surface area contributed by atoms with E-state index in [4.69, 9.17) is 14.6 Å². The van der Waals surface area contributed by atoms with Gasteiger partial charge in [-0.3, -0.25) is 4.98 Å². The molecule has 0 radical (unpaired) electrons. The fraction of sp³-hybridized carbons (Fsp3) is 0.471. The van der Waals surface area contributed by atoms with Gasteiger partial charge in [0.25, 0.3) is 0 Å². The number of benzene rings is 2. The van der Waals surface area contributed by atoms with Crippen LogP contribution in [0.25, 0.3) is 10.2 Å². The SMILES string of the molecule is CC(C)CN(CC(O)C(Cc1ccccc1)NC(=O)OCc1cncs1)S(=O)(=O)c1ccc2nc(NCCN3CCCC3)sc2c1.O=C(O)C(F)(F)F. The monoisotopic (exact) mass is 800 g/mol. The zero-order valence-electron chi connectivity index (χ0n) is 29.2. The molecule has 19 heteroatoms. The summed E-state index contributed by atoms with van der Waals surface area (Å²) in [6.07, 6.45) is -2.61. The highest BCUT2D eigenvalue weighted by Crippen LogP contribution is 2.30. The van der Waals surface area contributed by atoms with E-state index in [2.05, 4.69) is 25.5 Å². The Morgan fingerprint density at radius 3 is 2.42 bits per heavy atom. The van der Waals surface area contributed by atoms with Crippen molar-refractivity contribution in [3.63, 3.8) is 0 Å². The number of thiazole rings is 2. The van der Waals surface area contributed by atoms with E-state index in [1.807, 2.05) is 44.2 Å². The number of nitrogens with zero attached hydrogens (tertiary/aromatic N) is 4. The number of anilines is 1. The van der Waals surface area contributed by atoms with Crippen molar-refractivity contribution in [2.75, 3.05) is 44.6 Å². The molecule has 290 valence electrons. The first-order valence-corrected chi connectivity index (χ1v) is 19.9. The molecule has 0 bridgehead atoms. The number of aromatic nitrogens is 2. The van der Waals surface area contributed by atoms with Crippen molar-refractivity contribution in [3.05, 3.63) is 70.7 Å². The number of carboxylic acids is 1. The number of aliphatic hydroxyl groups is 1. The molecular formula is C34H43F3N6O7S3. The molecule has 1 amide bonds. The van der Waals surface area contributed by atoms with Crippen LogP contribution in [0.3, 0.4) is 0 Å². The quantitative estimate of drug-likeness (QED) is 0.114. The summed E-state index contributed by atoms with van der Waals surface area (Å²) in [5.41, 5.74) is 3.27. The van der Waals surface area contributed by atoms with Gasteiger partial charge in [-0.1, -0.05) is 55.5 Å². The average molecular weight is 801 g/mol. The minimum atomic E-state index is -5.08. The molecule has 1 fully saturated rings. The maximum Gasteiger partial charge on any atom is 0.490 e. The molecule has 4 aromatic rings. The maximum absolute atomic E-state index is 14.1. The van der Waals surface area contributed by atoms with Gasteiger partial charge >= 0.3 is 18.2 Å². The van der Waals surface area contributed by atoms with E-state index < -0.39 is 40.4 Å². The minimum absolute atomic E-state index is 0.00887. The number of carboxylic acid groups (broad SMARTS) is 1. The molecule has 13 nitrogen and oxygen atoms in total. The number of carbonyl (C=O) groups excluding carboxylic acids is 1. The molecule has 1 aliphatic rings. The van der Waals surface area contributed by atoms with E-state index in [1.165, 1.54) is 39.8 Å². The molecule has 2 aromatic carbocycles. The van der Waals surface area contributed by atoms with E-state index in [1.54, 1.807) is 29.9 Å². The van der Waals surface area contributed by atoms with Gasteiger partial charge in [0, 0.05) is 32.4 Å². The zero-order valence-corrected chi connectivity index (χ0v) is 31.6. The number of alkyl halides is 3. The minimum Gasteiger partial charge on any atom is -0.475 e. The molecule has 5 rings (SSSR count). The summed E-state index contributed by atoms with van der Waals surface area (Å²) in [4.78, 5) is 33.7. The molecule has 0 spiro atoms. The molecular weight excluding hydrogens is 758 g/mol. The molecule has 2 aromatic heterocycles. The van der Waals surface area contributed by atoms with Crippen molar-refractivity contribution in [1.82, 2.24) is 24.5 Å². The molecule has 0 aliphatic carbocycles. The van der Waals surface area contributed by atoms with E-state index >= 15 is 0 Å². The number of carbonyl (C=O) groups is 2. The van der Waals surface area contributed by atoms with Gasteiger partial charge in [-0.2, -0.15) is 17.5 Å². The van der Waals surface area contributed by atoms with Gasteiger partial charge in [0.15, 0.2) is 5.13 Å². The summed E-state index contributed by atoms with van der Waals surface area (Å²) in [5, 5.41) is 25.5. The highest BCUT2D eigenvalue weighted by atomic mass is 32.2. The van der Waals surface area contributed by atoms with Gasteiger partial charge in [0.05, 0.1) is 37.6 Å². The van der Waals surface area contributed by atoms with Gasteiger partial charge in [-0.15, -0.1) is 11.3 Å². The van der Waals surface area contributed by atoms with Crippen molar-refractivity contribution in [2.45, 2.75) is 62.9 Å². The number of sulfonamides is 1. The molecule has 3 heterocycles. The molecule has 1 saturated heterocycles. The summed E-state index contributed by atoms with van der Waals surface area (Å²) in [5.74, 6) is -2.77. The Hall–Kier alpha value is -3.88. The van der Waals surface area contributed by atoms with Gasteiger partial charge in [0.1, 0.15) is 6.61 Å². The summed E-state index contributed by atoms with van der Waals surface area (Å²) >= 11 is 2.80. The number of fused-ring (bicyclic) bond motifs is 1. The number of aliphatic carboxylic acids is 1. The van der Waals surface area contributed by atoms with Crippen LogP contribution < -0.4 is 10.6 Å². The van der Waals surface area contributed by atoms with E-state index in [9.17, 15) is 31.5 Å². The first-order valence-electron chi connectivity index (χ1n) is 16.8. The van der Waals surface area contributed by atoms with Gasteiger partial charge in [-0.25, -0.2) is 23.0 Å². The topological polar surface area (TPSA) is 174 Å². The van der Waals surface area contributed by atoms with Crippen molar-refractivity contribution in [2.24, 2.45) is 5.92 Å². The Morgan fingerprint density at radius 2 is 1.79 bits per heavy atom. The summed E-state index contributed by atoms with van der Waals surface area (Å²) in [6, 6.07) is 13.6. The van der Waals surface area contributed by atoms with Crippen LogP contribution in [0.1, 0.15) is 37.1 Å². The van der Waals surface area contributed by atoms with Gasteiger partial charge in [0.2, 0.25) is 10.0 Å². The predicted molar refractivity (Wildman–Crippen MR) is 196 cm³/mol. The van der Waals surface area contributed by atoms with Crippen molar-refractivity contribution >= 4 is 60.1 Å². The Labute approximate surface area is 313 Å². The lowest BCUT2D eigenvalue weighted by atomic mass is 10.0. The molecule has 2 atom stereocenters. The zero-order chi connectivity index (χ0) is 38.6. The van der Waals surface area contributed by atoms with Crippen molar-refractivity contribution in [1.29, 1.82) is 0 Å². The number of nitrogens with one attached hydrogen (secondary N) is 2. The molecule has 4 N–H and O–H groups in total. The number of ether oxygens (including phenoxy) is 1. The second-order valence-electron chi connectivity index (χ2n) is 12.7. The van der Waals surface area contributed by atoms with Crippen LogP contribution in [0.2, 0.25) is 0 Å². The summed E-state index contributed by atoms with van der Waals surface area (Å²) < 4.78 is 67.3. The number of hydrogen-bond donors (Lipinski definition) is 4.